The third-order valence-corrected chi connectivity index (χ3v) is 6.56. The summed E-state index contributed by atoms with van der Waals surface area (Å²) in [5.41, 5.74) is 0.712. The van der Waals surface area contributed by atoms with E-state index in [4.69, 9.17) is 69.6 Å². The molecule has 0 saturated heterocycles. The summed E-state index contributed by atoms with van der Waals surface area (Å²) < 4.78 is -3.22. The van der Waals surface area contributed by atoms with Crippen molar-refractivity contribution in [2.45, 2.75) is 17.4 Å². The van der Waals surface area contributed by atoms with Crippen molar-refractivity contribution in [1.82, 2.24) is 0 Å². The summed E-state index contributed by atoms with van der Waals surface area (Å²) in [6.45, 7) is 0. The second-order valence-corrected chi connectivity index (χ2v) is 11.3. The molecule has 0 radical (unpaired) electrons. The van der Waals surface area contributed by atoms with E-state index in [9.17, 15) is 10.2 Å². The summed E-state index contributed by atoms with van der Waals surface area (Å²) in [5, 5.41) is 20.1. The van der Waals surface area contributed by atoms with Gasteiger partial charge in [0, 0.05) is 11.1 Å². The molecule has 0 bridgehead atoms. The first-order valence-corrected chi connectivity index (χ1v) is 10.5. The van der Waals surface area contributed by atoms with Crippen LogP contribution < -0.4 is 0 Å². The van der Waals surface area contributed by atoms with Crippen molar-refractivity contribution in [2.75, 3.05) is 0 Å². The van der Waals surface area contributed by atoms with Crippen molar-refractivity contribution >= 4 is 91.2 Å². The number of phenols is 2. The van der Waals surface area contributed by atoms with Crippen LogP contribution in [0.2, 0.25) is 0 Å². The Morgan fingerprint density at radius 1 is 0.625 bits per heavy atom. The average Bonchev–Trinajstić information content (AvgIpc) is 2.45. The zero-order valence-corrected chi connectivity index (χ0v) is 17.6. The van der Waals surface area contributed by atoms with Crippen LogP contribution in [0, 0.1) is 0 Å². The fraction of sp³-hybridized carbons (Fsp3) is 0.143. The fourth-order valence-corrected chi connectivity index (χ4v) is 4.42. The molecule has 0 spiro atoms. The van der Waals surface area contributed by atoms with Crippen LogP contribution >= 0.6 is 91.2 Å². The van der Waals surface area contributed by atoms with Gasteiger partial charge in [0.1, 0.15) is 11.5 Å². The Hall–Kier alpha value is 0.480. The van der Waals surface area contributed by atoms with Crippen LogP contribution in [-0.2, 0) is 7.59 Å². The van der Waals surface area contributed by atoms with Crippen molar-refractivity contribution in [3.63, 3.8) is 0 Å². The van der Waals surface area contributed by atoms with Gasteiger partial charge in [0.05, 0.1) is 9.79 Å². The first-order valence-electron chi connectivity index (χ1n) is 6.13. The number of hydrogen-bond donors (Lipinski definition) is 2. The fourth-order valence-electron chi connectivity index (χ4n) is 1.62. The van der Waals surface area contributed by atoms with E-state index in [1.54, 1.807) is 24.3 Å². The SMILES string of the molecule is Oc1cc(C(Cl)(Cl)Cl)ccc1SSc1ccc(C(Cl)(Cl)Cl)cc1O. The van der Waals surface area contributed by atoms with Crippen LogP contribution in [0.5, 0.6) is 11.5 Å². The van der Waals surface area contributed by atoms with Gasteiger partial charge >= 0.3 is 0 Å². The smallest absolute Gasteiger partial charge is 0.216 e. The summed E-state index contributed by atoms with van der Waals surface area (Å²) in [6, 6.07) is 9.19. The Kier molecular flexibility index (Phi) is 6.94. The molecule has 0 fully saturated rings. The quantitative estimate of drug-likeness (QED) is 0.348. The Balaban J connectivity index is 2.14. The molecule has 0 atom stereocenters. The lowest BCUT2D eigenvalue weighted by atomic mass is 10.2. The molecule has 2 aromatic carbocycles. The molecule has 0 unspecified atom stereocenters. The average molecular weight is 485 g/mol. The highest BCUT2D eigenvalue weighted by Crippen LogP contribution is 2.48. The van der Waals surface area contributed by atoms with E-state index in [-0.39, 0.29) is 11.5 Å². The van der Waals surface area contributed by atoms with Gasteiger partial charge < -0.3 is 10.2 Å². The molecule has 0 aliphatic carbocycles. The van der Waals surface area contributed by atoms with Gasteiger partial charge in [0.15, 0.2) is 0 Å². The lowest BCUT2D eigenvalue weighted by molar-refractivity contribution is 0.461. The minimum atomic E-state index is -1.61. The Bertz CT molecular complexity index is 680. The number of aromatic hydroxyl groups is 2. The number of rotatable bonds is 3. The van der Waals surface area contributed by atoms with Gasteiger partial charge in [-0.2, -0.15) is 0 Å². The number of hydrogen-bond acceptors (Lipinski definition) is 4. The minimum absolute atomic E-state index is 0.0336. The van der Waals surface area contributed by atoms with Crippen LogP contribution in [0.1, 0.15) is 11.1 Å². The molecule has 0 aliphatic rings. The predicted molar refractivity (Wildman–Crippen MR) is 106 cm³/mol. The molecule has 0 aromatic heterocycles. The van der Waals surface area contributed by atoms with Crippen molar-refractivity contribution in [3.05, 3.63) is 47.5 Å². The van der Waals surface area contributed by atoms with E-state index in [1.165, 1.54) is 33.7 Å². The summed E-state index contributed by atoms with van der Waals surface area (Å²) in [7, 11) is 2.45. The van der Waals surface area contributed by atoms with Crippen LogP contribution in [0.25, 0.3) is 0 Å². The number of benzene rings is 2. The molecule has 0 heterocycles. The van der Waals surface area contributed by atoms with Gasteiger partial charge in [-0.15, -0.1) is 0 Å². The van der Waals surface area contributed by atoms with E-state index < -0.39 is 7.59 Å². The monoisotopic (exact) mass is 482 g/mol. The molecule has 10 heteroatoms. The van der Waals surface area contributed by atoms with Crippen molar-refractivity contribution in [1.29, 1.82) is 0 Å². The Morgan fingerprint density at radius 2 is 0.958 bits per heavy atom. The van der Waals surface area contributed by atoms with Crippen LogP contribution in [0.15, 0.2) is 46.2 Å². The lowest BCUT2D eigenvalue weighted by Gasteiger charge is -2.14. The van der Waals surface area contributed by atoms with Gasteiger partial charge in [-0.05, 0) is 45.9 Å². The molecule has 2 aromatic rings. The van der Waals surface area contributed by atoms with Gasteiger partial charge in [-0.25, -0.2) is 0 Å². The van der Waals surface area contributed by atoms with E-state index in [0.717, 1.165) is 0 Å². The molecule has 2 nitrogen and oxygen atoms in total. The van der Waals surface area contributed by atoms with Crippen LogP contribution in [-0.4, -0.2) is 10.2 Å². The van der Waals surface area contributed by atoms with Gasteiger partial charge in [0.2, 0.25) is 7.59 Å². The Labute approximate surface area is 176 Å². The molecule has 0 saturated carbocycles. The highest BCUT2D eigenvalue weighted by atomic mass is 35.6. The van der Waals surface area contributed by atoms with Crippen LogP contribution in [0.3, 0.4) is 0 Å². The van der Waals surface area contributed by atoms with Crippen molar-refractivity contribution in [3.8, 4) is 11.5 Å². The van der Waals surface area contributed by atoms with E-state index >= 15 is 0 Å². The number of alkyl halides is 6. The highest BCUT2D eigenvalue weighted by molar-refractivity contribution is 8.76. The Morgan fingerprint density at radius 3 is 1.21 bits per heavy atom. The molecule has 2 N–H and O–H groups in total. The second kappa shape index (κ2) is 8.01. The first kappa shape index (κ1) is 20.8. The van der Waals surface area contributed by atoms with E-state index in [0.29, 0.717) is 20.9 Å². The molecule has 0 aliphatic heterocycles. The standard InChI is InChI=1S/C14H8Cl6O2S2/c15-13(16,17)7-1-3-11(9(21)5-7)23-24-12-4-2-8(6-10(12)22)14(18,19)20/h1-6,21-22H. The minimum Gasteiger partial charge on any atom is -0.507 e. The van der Waals surface area contributed by atoms with Gasteiger partial charge in [-0.1, -0.05) is 81.7 Å². The van der Waals surface area contributed by atoms with E-state index in [1.807, 2.05) is 0 Å². The maximum atomic E-state index is 10.0. The van der Waals surface area contributed by atoms with Gasteiger partial charge in [-0.3, -0.25) is 0 Å². The summed E-state index contributed by atoms with van der Waals surface area (Å²) in [4.78, 5) is 1.09. The third kappa shape index (κ3) is 5.49. The first-order chi connectivity index (χ1) is 11.0. The zero-order chi connectivity index (χ0) is 18.1. The molecular formula is C14H8Cl6O2S2. The summed E-state index contributed by atoms with van der Waals surface area (Å²) in [6.07, 6.45) is 0. The third-order valence-electron chi connectivity index (χ3n) is 2.79. The maximum absolute atomic E-state index is 10.0. The number of halogens is 6. The second-order valence-electron chi connectivity index (χ2n) is 4.53. The molecular weight excluding hydrogens is 477 g/mol. The van der Waals surface area contributed by atoms with E-state index in [2.05, 4.69) is 0 Å². The molecule has 2 rings (SSSR count). The van der Waals surface area contributed by atoms with Gasteiger partial charge in [0.25, 0.3) is 0 Å². The van der Waals surface area contributed by atoms with Crippen molar-refractivity contribution < 1.29 is 10.2 Å². The topological polar surface area (TPSA) is 40.5 Å². The largest absolute Gasteiger partial charge is 0.507 e. The maximum Gasteiger partial charge on any atom is 0.216 e. The van der Waals surface area contributed by atoms with Crippen LogP contribution in [0.4, 0.5) is 0 Å². The molecule has 24 heavy (non-hydrogen) atoms. The predicted octanol–water partition coefficient (Wildman–Crippen LogP) is 7.55. The lowest BCUT2D eigenvalue weighted by Crippen LogP contribution is -1.99. The summed E-state index contributed by atoms with van der Waals surface area (Å²) in [5.74, 6) is -0.0672. The van der Waals surface area contributed by atoms with Crippen molar-refractivity contribution in [2.24, 2.45) is 0 Å². The number of phenolic OH excluding ortho intramolecular Hbond substituents is 2. The molecule has 130 valence electrons. The zero-order valence-electron chi connectivity index (χ0n) is 11.4. The highest BCUT2D eigenvalue weighted by Gasteiger charge is 2.25. The molecule has 0 amide bonds. The normalized spacial score (nSPS) is 12.4. The summed E-state index contributed by atoms with van der Waals surface area (Å²) >= 11 is 34.6.